The second-order valence-electron chi connectivity index (χ2n) is 5.37. The van der Waals surface area contributed by atoms with Crippen molar-refractivity contribution in [3.05, 3.63) is 35.4 Å². The largest absolute Gasteiger partial charge is 0.310 e. The number of benzene rings is 1. The van der Waals surface area contributed by atoms with Crippen LogP contribution < -0.4 is 5.32 Å². The monoisotopic (exact) mass is 265 g/mol. The molecule has 100 valence electrons. The molecule has 0 aromatic heterocycles. The van der Waals surface area contributed by atoms with E-state index in [0.717, 1.165) is 24.6 Å². The van der Waals surface area contributed by atoms with Gasteiger partial charge in [-0.2, -0.15) is 0 Å². The molecular weight excluding hydrogens is 242 g/mol. The molecule has 2 nitrogen and oxygen atoms in total. The van der Waals surface area contributed by atoms with Gasteiger partial charge in [-0.3, -0.25) is 4.21 Å². The van der Waals surface area contributed by atoms with E-state index in [2.05, 4.69) is 36.5 Å². The molecule has 1 aliphatic carbocycles. The van der Waals surface area contributed by atoms with E-state index in [1.165, 1.54) is 24.0 Å². The fourth-order valence-corrected chi connectivity index (χ4v) is 2.80. The molecule has 0 radical (unpaired) electrons. The Balaban J connectivity index is 1.78. The highest BCUT2D eigenvalue weighted by molar-refractivity contribution is 7.84. The first kappa shape index (κ1) is 13.8. The van der Waals surface area contributed by atoms with Crippen molar-refractivity contribution in [1.29, 1.82) is 0 Å². The summed E-state index contributed by atoms with van der Waals surface area (Å²) in [4.78, 5) is 0. The van der Waals surface area contributed by atoms with Crippen LogP contribution in [0.4, 0.5) is 0 Å². The molecule has 0 aliphatic heterocycles. The molecule has 1 aromatic carbocycles. The van der Waals surface area contributed by atoms with Crippen LogP contribution in [0.3, 0.4) is 0 Å². The molecule has 2 atom stereocenters. The Morgan fingerprint density at radius 3 is 2.89 bits per heavy atom. The molecule has 1 saturated carbocycles. The second kappa shape index (κ2) is 6.48. The number of hydrogen-bond acceptors (Lipinski definition) is 2. The van der Waals surface area contributed by atoms with E-state index in [1.807, 2.05) is 0 Å². The zero-order valence-electron chi connectivity index (χ0n) is 11.3. The van der Waals surface area contributed by atoms with Crippen molar-refractivity contribution < 1.29 is 4.21 Å². The summed E-state index contributed by atoms with van der Waals surface area (Å²) in [5.41, 5.74) is 2.86. The Bertz CT molecular complexity index is 415. The van der Waals surface area contributed by atoms with Crippen molar-refractivity contribution in [2.75, 3.05) is 12.0 Å². The molecule has 2 unspecified atom stereocenters. The van der Waals surface area contributed by atoms with Gasteiger partial charge in [-0.25, -0.2) is 0 Å². The summed E-state index contributed by atoms with van der Waals surface area (Å²) in [7, 11) is -0.676. The van der Waals surface area contributed by atoms with Crippen LogP contribution in [0.25, 0.3) is 0 Å². The molecule has 0 amide bonds. The summed E-state index contributed by atoms with van der Waals surface area (Å²) in [5.74, 6) is 1.61. The van der Waals surface area contributed by atoms with Gasteiger partial charge in [0.2, 0.25) is 0 Å². The summed E-state index contributed by atoms with van der Waals surface area (Å²) >= 11 is 0. The molecule has 3 heteroatoms. The Morgan fingerprint density at radius 1 is 1.44 bits per heavy atom. The van der Waals surface area contributed by atoms with Crippen molar-refractivity contribution in [2.45, 2.75) is 44.7 Å². The van der Waals surface area contributed by atoms with E-state index < -0.39 is 10.8 Å². The van der Waals surface area contributed by atoms with Crippen LogP contribution >= 0.6 is 0 Å². The maximum Gasteiger partial charge on any atom is 0.0246 e. The van der Waals surface area contributed by atoms with Crippen molar-refractivity contribution in [1.82, 2.24) is 5.32 Å². The second-order valence-corrected chi connectivity index (χ2v) is 6.92. The van der Waals surface area contributed by atoms with Crippen molar-refractivity contribution >= 4 is 10.8 Å². The van der Waals surface area contributed by atoms with E-state index in [9.17, 15) is 4.21 Å². The zero-order valence-corrected chi connectivity index (χ0v) is 12.1. The average molecular weight is 265 g/mol. The van der Waals surface area contributed by atoms with Gasteiger partial charge in [0.05, 0.1) is 0 Å². The molecule has 1 aliphatic rings. The maximum absolute atomic E-state index is 11.0. The van der Waals surface area contributed by atoms with Gasteiger partial charge in [-0.05, 0) is 43.2 Å². The first-order chi connectivity index (χ1) is 8.65. The molecule has 2 rings (SSSR count). The fraction of sp³-hybridized carbons (Fsp3) is 0.600. The molecule has 1 fully saturated rings. The first-order valence-corrected chi connectivity index (χ1v) is 8.50. The van der Waals surface area contributed by atoms with Crippen LogP contribution in [-0.4, -0.2) is 22.3 Å². The van der Waals surface area contributed by atoms with E-state index in [4.69, 9.17) is 0 Å². The maximum atomic E-state index is 11.0. The highest BCUT2D eigenvalue weighted by atomic mass is 32.2. The lowest BCUT2D eigenvalue weighted by Crippen LogP contribution is -2.27. The first-order valence-electron chi connectivity index (χ1n) is 6.77. The third-order valence-corrected chi connectivity index (χ3v) is 4.30. The normalized spacial score (nSPS) is 18.6. The molecule has 0 heterocycles. The Hall–Kier alpha value is -0.670. The summed E-state index contributed by atoms with van der Waals surface area (Å²) in [5, 5.41) is 3.51. The molecule has 18 heavy (non-hydrogen) atoms. The van der Waals surface area contributed by atoms with Gasteiger partial charge in [0, 0.05) is 35.4 Å². The van der Waals surface area contributed by atoms with Gasteiger partial charge in [0.25, 0.3) is 0 Å². The van der Waals surface area contributed by atoms with Crippen LogP contribution in [0.5, 0.6) is 0 Å². The predicted octanol–water partition coefficient (Wildman–Crippen LogP) is 2.81. The van der Waals surface area contributed by atoms with Gasteiger partial charge < -0.3 is 5.32 Å². The van der Waals surface area contributed by atoms with Gasteiger partial charge in [0.15, 0.2) is 0 Å². The molecule has 0 spiro atoms. The van der Waals surface area contributed by atoms with Gasteiger partial charge in [0.1, 0.15) is 0 Å². The highest BCUT2D eigenvalue weighted by Gasteiger charge is 2.23. The van der Waals surface area contributed by atoms with Crippen LogP contribution in [0.1, 0.15) is 43.2 Å². The zero-order chi connectivity index (χ0) is 13.0. The summed E-state index contributed by atoms with van der Waals surface area (Å²) in [6.07, 6.45) is 5.46. The lowest BCUT2D eigenvalue weighted by atomic mass is 10.1. The van der Waals surface area contributed by atoms with E-state index in [-0.39, 0.29) is 0 Å². The third-order valence-electron chi connectivity index (χ3n) is 3.49. The Kier molecular flexibility index (Phi) is 4.95. The predicted molar refractivity (Wildman–Crippen MR) is 78.3 cm³/mol. The minimum Gasteiger partial charge on any atom is -0.310 e. The fourth-order valence-electron chi connectivity index (χ4n) is 2.11. The average Bonchev–Trinajstić information content (AvgIpc) is 3.18. The quantitative estimate of drug-likeness (QED) is 0.821. The molecule has 0 saturated heterocycles. The number of rotatable bonds is 7. The van der Waals surface area contributed by atoms with Crippen molar-refractivity contribution in [3.8, 4) is 0 Å². The molecule has 0 bridgehead atoms. The lowest BCUT2D eigenvalue weighted by Gasteiger charge is -2.13. The van der Waals surface area contributed by atoms with Crippen LogP contribution in [0.2, 0.25) is 0 Å². The summed E-state index contributed by atoms with van der Waals surface area (Å²) in [6.45, 7) is 3.08. The van der Waals surface area contributed by atoms with Gasteiger partial charge in [-0.15, -0.1) is 0 Å². The highest BCUT2D eigenvalue weighted by Crippen LogP contribution is 2.40. The van der Waals surface area contributed by atoms with E-state index in [1.54, 1.807) is 6.26 Å². The molecular formula is C15H23NOS. The van der Waals surface area contributed by atoms with Crippen molar-refractivity contribution in [3.63, 3.8) is 0 Å². The number of nitrogens with one attached hydrogen (secondary N) is 1. The summed E-state index contributed by atoms with van der Waals surface area (Å²) < 4.78 is 11.0. The molecule has 1 N–H and O–H groups in total. The minimum atomic E-state index is -0.676. The SMILES string of the molecule is CC(CCS(C)=O)NCc1cccc(C2CC2)c1. The lowest BCUT2D eigenvalue weighted by molar-refractivity contribution is 0.534. The van der Waals surface area contributed by atoms with E-state index >= 15 is 0 Å². The van der Waals surface area contributed by atoms with Gasteiger partial charge in [-0.1, -0.05) is 24.3 Å². The van der Waals surface area contributed by atoms with Crippen molar-refractivity contribution in [2.24, 2.45) is 0 Å². The number of hydrogen-bond donors (Lipinski definition) is 1. The standard InChI is InChI=1S/C15H23NOS/c1-12(8-9-18(2)17)16-11-13-4-3-5-15(10-13)14-6-7-14/h3-5,10,12,14,16H,6-9,11H2,1-2H3. The van der Waals surface area contributed by atoms with Crippen LogP contribution in [-0.2, 0) is 17.3 Å². The Labute approximate surface area is 113 Å². The van der Waals surface area contributed by atoms with Crippen LogP contribution in [0.15, 0.2) is 24.3 Å². The van der Waals surface area contributed by atoms with Gasteiger partial charge >= 0.3 is 0 Å². The minimum absolute atomic E-state index is 0.429. The topological polar surface area (TPSA) is 29.1 Å². The summed E-state index contributed by atoms with van der Waals surface area (Å²) in [6, 6.07) is 9.35. The smallest absolute Gasteiger partial charge is 0.0246 e. The Morgan fingerprint density at radius 2 is 2.22 bits per heavy atom. The molecule has 1 aromatic rings. The van der Waals surface area contributed by atoms with Crippen LogP contribution in [0, 0.1) is 0 Å². The van der Waals surface area contributed by atoms with E-state index in [0.29, 0.717) is 6.04 Å². The third kappa shape index (κ3) is 4.54.